The van der Waals surface area contributed by atoms with Crippen LogP contribution in [0.1, 0.15) is 16.1 Å². The lowest BCUT2D eigenvalue weighted by molar-refractivity contribution is 0.0992. The molecule has 0 spiro atoms. The highest BCUT2D eigenvalue weighted by Gasteiger charge is 2.11. The van der Waals surface area contributed by atoms with Crippen LogP contribution >= 0.6 is 0 Å². The van der Waals surface area contributed by atoms with Crippen molar-refractivity contribution in [1.29, 1.82) is 0 Å². The number of benzene rings is 1. The first kappa shape index (κ1) is 16.4. The van der Waals surface area contributed by atoms with E-state index in [0.717, 1.165) is 27.5 Å². The minimum atomic E-state index is -0.00596. The minimum Gasteiger partial charge on any atom is -0.464 e. The van der Waals surface area contributed by atoms with Crippen LogP contribution in [-0.2, 0) is 13.5 Å². The van der Waals surface area contributed by atoms with Crippen LogP contribution in [-0.4, -0.2) is 25.5 Å². The molecule has 6 nitrogen and oxygen atoms in total. The van der Waals surface area contributed by atoms with Crippen molar-refractivity contribution in [3.8, 4) is 11.3 Å². The molecule has 0 saturated heterocycles. The molecule has 1 aromatic carbocycles. The molecule has 0 bridgehead atoms. The van der Waals surface area contributed by atoms with Gasteiger partial charge in [-0.2, -0.15) is 5.10 Å². The van der Waals surface area contributed by atoms with Crippen molar-refractivity contribution >= 4 is 27.7 Å². The number of aryl methyl sites for hydroxylation is 1. The maximum absolute atomic E-state index is 12.7. The average Bonchev–Trinajstić information content (AvgIpc) is 3.35. The number of furan rings is 1. The van der Waals surface area contributed by atoms with E-state index < -0.39 is 0 Å². The van der Waals surface area contributed by atoms with Gasteiger partial charge in [-0.3, -0.25) is 14.5 Å². The Hall–Kier alpha value is -3.80. The smallest absolute Gasteiger partial charge is 0.168 e. The number of nitrogens with zero attached hydrogens (tertiary/aromatic N) is 4. The molecule has 0 amide bonds. The molecule has 4 heterocycles. The first-order valence-corrected chi connectivity index (χ1v) is 8.91. The Labute approximate surface area is 160 Å². The summed E-state index contributed by atoms with van der Waals surface area (Å²) in [5.74, 6) is -0.00596. The molecule has 5 rings (SSSR count). The lowest BCUT2D eigenvalue weighted by Gasteiger charge is -2.05. The molecule has 0 aliphatic heterocycles. The summed E-state index contributed by atoms with van der Waals surface area (Å²) in [6, 6.07) is 13.2. The van der Waals surface area contributed by atoms with E-state index in [1.165, 1.54) is 0 Å². The van der Waals surface area contributed by atoms with Crippen molar-refractivity contribution in [2.45, 2.75) is 6.42 Å². The van der Waals surface area contributed by atoms with Gasteiger partial charge in [0.2, 0.25) is 0 Å². The van der Waals surface area contributed by atoms with Gasteiger partial charge in [0.25, 0.3) is 0 Å². The SMILES string of the molecule is Cn1cc(-c2ccc3cnc(CC(=O)c4ccc5ccoc5c4)cc3n2)cn1. The number of Topliss-reactive ketones (excluding diaryl/α,β-unsaturated/α-hetero) is 1. The Morgan fingerprint density at radius 2 is 1.96 bits per heavy atom. The normalized spacial score (nSPS) is 11.3. The summed E-state index contributed by atoms with van der Waals surface area (Å²) in [6.07, 6.45) is 7.29. The molecule has 0 radical (unpaired) electrons. The third-order valence-corrected chi connectivity index (χ3v) is 4.75. The van der Waals surface area contributed by atoms with E-state index >= 15 is 0 Å². The monoisotopic (exact) mass is 368 g/mol. The van der Waals surface area contributed by atoms with E-state index in [4.69, 9.17) is 9.40 Å². The van der Waals surface area contributed by atoms with Crippen molar-refractivity contribution in [2.75, 3.05) is 0 Å². The lowest BCUT2D eigenvalue weighted by atomic mass is 10.0. The maximum atomic E-state index is 12.7. The van der Waals surface area contributed by atoms with Gasteiger partial charge in [-0.05, 0) is 30.3 Å². The average molecular weight is 368 g/mol. The zero-order valence-electron chi connectivity index (χ0n) is 15.2. The molecule has 0 unspecified atom stereocenters. The van der Waals surface area contributed by atoms with Crippen LogP contribution in [0.15, 0.2) is 71.7 Å². The number of hydrogen-bond acceptors (Lipinski definition) is 5. The van der Waals surface area contributed by atoms with Crippen molar-refractivity contribution in [1.82, 2.24) is 19.7 Å². The number of pyridine rings is 2. The number of carbonyl (C=O) groups excluding carboxylic acids is 1. The molecular formula is C22H16N4O2. The molecule has 28 heavy (non-hydrogen) atoms. The van der Waals surface area contributed by atoms with Gasteiger partial charge in [-0.25, -0.2) is 4.98 Å². The standard InChI is InChI=1S/C22H16N4O2/c1-26-13-17(12-24-26)19-5-4-16-11-23-18(9-20(16)25-19)10-21(27)15-3-2-14-6-7-28-22(14)8-15/h2-9,11-13H,10H2,1H3. The van der Waals surface area contributed by atoms with Crippen LogP contribution in [0, 0.1) is 0 Å². The number of hydrogen-bond donors (Lipinski definition) is 0. The van der Waals surface area contributed by atoms with Crippen molar-refractivity contribution in [2.24, 2.45) is 7.05 Å². The van der Waals surface area contributed by atoms with E-state index in [-0.39, 0.29) is 12.2 Å². The molecule has 0 atom stereocenters. The molecular weight excluding hydrogens is 352 g/mol. The Morgan fingerprint density at radius 3 is 2.82 bits per heavy atom. The highest BCUT2D eigenvalue weighted by atomic mass is 16.3. The van der Waals surface area contributed by atoms with Crippen molar-refractivity contribution in [3.05, 3.63) is 78.6 Å². The summed E-state index contributed by atoms with van der Waals surface area (Å²) >= 11 is 0. The Balaban J connectivity index is 1.45. The number of aromatic nitrogens is 4. The molecule has 0 saturated carbocycles. The van der Waals surface area contributed by atoms with Crippen LogP contribution in [0.25, 0.3) is 33.1 Å². The summed E-state index contributed by atoms with van der Waals surface area (Å²) in [4.78, 5) is 21.8. The molecule has 0 aliphatic rings. The number of rotatable bonds is 4. The van der Waals surface area contributed by atoms with E-state index in [1.807, 2.05) is 49.6 Å². The van der Waals surface area contributed by atoms with Gasteiger partial charge in [-0.15, -0.1) is 0 Å². The van der Waals surface area contributed by atoms with E-state index in [2.05, 4.69) is 10.1 Å². The van der Waals surface area contributed by atoms with Gasteiger partial charge in [-0.1, -0.05) is 12.1 Å². The number of carbonyl (C=O) groups is 1. The van der Waals surface area contributed by atoms with Crippen LogP contribution in [0.2, 0.25) is 0 Å². The molecule has 0 N–H and O–H groups in total. The summed E-state index contributed by atoms with van der Waals surface area (Å²) in [5, 5.41) is 6.10. The predicted octanol–water partition coefficient (Wildman–Crippen LogP) is 4.20. The number of fused-ring (bicyclic) bond motifs is 2. The Morgan fingerprint density at radius 1 is 1.07 bits per heavy atom. The van der Waals surface area contributed by atoms with Crippen LogP contribution in [0.3, 0.4) is 0 Å². The largest absolute Gasteiger partial charge is 0.464 e. The van der Waals surface area contributed by atoms with Gasteiger partial charge in [0.05, 0.1) is 35.8 Å². The summed E-state index contributed by atoms with van der Waals surface area (Å²) in [7, 11) is 1.87. The molecule has 6 heteroatoms. The van der Waals surface area contributed by atoms with Gasteiger partial charge in [0, 0.05) is 41.3 Å². The second kappa shape index (κ2) is 6.42. The van der Waals surface area contributed by atoms with Gasteiger partial charge in [0.15, 0.2) is 5.78 Å². The molecule has 136 valence electrons. The third kappa shape index (κ3) is 2.95. The zero-order valence-corrected chi connectivity index (χ0v) is 15.2. The molecule has 4 aromatic heterocycles. The summed E-state index contributed by atoms with van der Waals surface area (Å²) in [5.41, 5.74) is 4.60. The van der Waals surface area contributed by atoms with Gasteiger partial charge in [0.1, 0.15) is 5.58 Å². The Bertz CT molecular complexity index is 1330. The van der Waals surface area contributed by atoms with Crippen LogP contribution < -0.4 is 0 Å². The second-order valence-corrected chi connectivity index (χ2v) is 6.74. The van der Waals surface area contributed by atoms with Crippen LogP contribution in [0.4, 0.5) is 0 Å². The van der Waals surface area contributed by atoms with Crippen molar-refractivity contribution < 1.29 is 9.21 Å². The second-order valence-electron chi connectivity index (χ2n) is 6.74. The summed E-state index contributed by atoms with van der Waals surface area (Å²) < 4.78 is 7.13. The van der Waals surface area contributed by atoms with Gasteiger partial charge >= 0.3 is 0 Å². The maximum Gasteiger partial charge on any atom is 0.168 e. The Kier molecular flexibility index (Phi) is 3.76. The fourth-order valence-electron chi connectivity index (χ4n) is 3.26. The van der Waals surface area contributed by atoms with Crippen LogP contribution in [0.5, 0.6) is 0 Å². The fraction of sp³-hybridized carbons (Fsp3) is 0.0909. The molecule has 5 aromatic rings. The first-order chi connectivity index (χ1) is 13.7. The quantitative estimate of drug-likeness (QED) is 0.445. The number of ketones is 1. The predicted molar refractivity (Wildman–Crippen MR) is 106 cm³/mol. The molecule has 0 fully saturated rings. The van der Waals surface area contributed by atoms with Gasteiger partial charge < -0.3 is 4.42 Å². The fourth-order valence-corrected chi connectivity index (χ4v) is 3.26. The lowest BCUT2D eigenvalue weighted by Crippen LogP contribution is -2.05. The molecule has 0 aliphatic carbocycles. The van der Waals surface area contributed by atoms with E-state index in [9.17, 15) is 4.79 Å². The van der Waals surface area contributed by atoms with E-state index in [0.29, 0.717) is 16.8 Å². The van der Waals surface area contributed by atoms with Crippen molar-refractivity contribution in [3.63, 3.8) is 0 Å². The summed E-state index contributed by atoms with van der Waals surface area (Å²) in [6.45, 7) is 0. The minimum absolute atomic E-state index is 0.00596. The zero-order chi connectivity index (χ0) is 19.1. The first-order valence-electron chi connectivity index (χ1n) is 8.91. The van der Waals surface area contributed by atoms with E-state index in [1.54, 1.807) is 29.4 Å². The highest BCUT2D eigenvalue weighted by molar-refractivity contribution is 6.00. The highest BCUT2D eigenvalue weighted by Crippen LogP contribution is 2.22. The third-order valence-electron chi connectivity index (χ3n) is 4.75. The topological polar surface area (TPSA) is 73.8 Å².